The van der Waals surface area contributed by atoms with Gasteiger partial charge in [-0.25, -0.2) is 9.37 Å². The Balaban J connectivity index is 1.39. The maximum atomic E-state index is 15.0. The number of esters is 1. The number of aromatic nitrogens is 1. The average Bonchev–Trinajstić information content (AvgIpc) is 2.78. The largest absolute Gasteiger partial charge is 0.473 e. The van der Waals surface area contributed by atoms with Crippen LogP contribution in [0.2, 0.25) is 0 Å². The molecule has 0 atom stereocenters. The van der Waals surface area contributed by atoms with Crippen LogP contribution in [0.25, 0.3) is 11.1 Å². The Kier molecular flexibility index (Phi) is 6.57. The van der Waals surface area contributed by atoms with E-state index in [0.29, 0.717) is 30.2 Å². The normalized spacial score (nSPS) is 13.5. The molecule has 1 aromatic heterocycles. The predicted octanol–water partition coefficient (Wildman–Crippen LogP) is 4.39. The second-order valence-electron chi connectivity index (χ2n) is 7.55. The molecule has 6 heteroatoms. The zero-order valence-corrected chi connectivity index (χ0v) is 17.5. The highest BCUT2D eigenvalue weighted by atomic mass is 19.1. The molecule has 0 aliphatic carbocycles. The zero-order chi connectivity index (χ0) is 21.6. The first-order valence-corrected chi connectivity index (χ1v) is 10.4. The van der Waals surface area contributed by atoms with E-state index in [1.165, 1.54) is 6.92 Å². The van der Waals surface area contributed by atoms with Gasteiger partial charge in [-0.05, 0) is 11.1 Å². The van der Waals surface area contributed by atoms with Crippen LogP contribution in [-0.2, 0) is 29.1 Å². The number of halogens is 1. The van der Waals surface area contributed by atoms with Crippen LogP contribution in [0, 0.1) is 5.82 Å². The summed E-state index contributed by atoms with van der Waals surface area (Å²) in [5.74, 6) is -0.0293. The smallest absolute Gasteiger partial charge is 0.302 e. The van der Waals surface area contributed by atoms with Crippen molar-refractivity contribution in [1.82, 2.24) is 9.88 Å². The quantitative estimate of drug-likeness (QED) is 0.531. The average molecular weight is 420 g/mol. The highest BCUT2D eigenvalue weighted by Crippen LogP contribution is 2.26. The Bertz CT molecular complexity index is 1060. The lowest BCUT2D eigenvalue weighted by Crippen LogP contribution is -2.34. The second-order valence-corrected chi connectivity index (χ2v) is 7.55. The van der Waals surface area contributed by atoms with Crippen LogP contribution in [-0.4, -0.2) is 35.5 Å². The van der Waals surface area contributed by atoms with Crippen LogP contribution in [0.3, 0.4) is 0 Å². The number of benzene rings is 2. The lowest BCUT2D eigenvalue weighted by molar-refractivity contribution is -0.141. The van der Waals surface area contributed by atoms with Crippen molar-refractivity contribution in [2.45, 2.75) is 26.5 Å². The van der Waals surface area contributed by atoms with E-state index >= 15 is 0 Å². The van der Waals surface area contributed by atoms with E-state index in [1.54, 1.807) is 12.1 Å². The minimum atomic E-state index is -0.268. The van der Waals surface area contributed by atoms with E-state index in [1.807, 2.05) is 48.5 Å². The SMILES string of the molecule is CC(=O)OCCN1CCc2nc(OCc3cccc(-c4ccccc4)c3F)ccc2C1. The number of hydrogen-bond acceptors (Lipinski definition) is 5. The molecule has 31 heavy (non-hydrogen) atoms. The maximum absolute atomic E-state index is 15.0. The molecule has 0 unspecified atom stereocenters. The first-order valence-electron chi connectivity index (χ1n) is 10.4. The molecule has 1 aliphatic rings. The van der Waals surface area contributed by atoms with Gasteiger partial charge in [-0.3, -0.25) is 9.69 Å². The Hall–Kier alpha value is -3.25. The van der Waals surface area contributed by atoms with E-state index in [4.69, 9.17) is 9.47 Å². The van der Waals surface area contributed by atoms with Gasteiger partial charge in [0.2, 0.25) is 5.88 Å². The van der Waals surface area contributed by atoms with Crippen molar-refractivity contribution in [3.63, 3.8) is 0 Å². The summed E-state index contributed by atoms with van der Waals surface area (Å²) in [4.78, 5) is 17.8. The molecular formula is C25H25FN2O3. The Morgan fingerprint density at radius 2 is 1.94 bits per heavy atom. The van der Waals surface area contributed by atoms with Gasteiger partial charge in [-0.15, -0.1) is 0 Å². The monoisotopic (exact) mass is 420 g/mol. The van der Waals surface area contributed by atoms with E-state index in [0.717, 1.165) is 36.3 Å². The summed E-state index contributed by atoms with van der Waals surface area (Å²) in [5, 5.41) is 0. The molecule has 0 saturated carbocycles. The first-order chi connectivity index (χ1) is 15.1. The van der Waals surface area contributed by atoms with Gasteiger partial charge >= 0.3 is 5.97 Å². The molecular weight excluding hydrogens is 395 g/mol. The van der Waals surface area contributed by atoms with Crippen molar-refractivity contribution in [3.05, 3.63) is 83.3 Å². The molecule has 160 valence electrons. The number of pyridine rings is 1. The number of fused-ring (bicyclic) bond motifs is 1. The number of ether oxygens (including phenoxy) is 2. The Labute approximate surface area is 181 Å². The second kappa shape index (κ2) is 9.71. The maximum Gasteiger partial charge on any atom is 0.302 e. The zero-order valence-electron chi connectivity index (χ0n) is 17.5. The lowest BCUT2D eigenvalue weighted by atomic mass is 10.0. The molecule has 0 N–H and O–H groups in total. The van der Waals surface area contributed by atoms with E-state index in [-0.39, 0.29) is 18.4 Å². The summed E-state index contributed by atoms with van der Waals surface area (Å²) in [6.45, 7) is 4.24. The van der Waals surface area contributed by atoms with Crippen molar-refractivity contribution < 1.29 is 18.7 Å². The lowest BCUT2D eigenvalue weighted by Gasteiger charge is -2.28. The number of rotatable bonds is 7. The number of carbonyl (C=O) groups is 1. The van der Waals surface area contributed by atoms with Gasteiger partial charge in [0.1, 0.15) is 19.0 Å². The first kappa shape index (κ1) is 21.0. The molecule has 0 bridgehead atoms. The van der Waals surface area contributed by atoms with Crippen molar-refractivity contribution in [2.75, 3.05) is 19.7 Å². The molecule has 2 aromatic carbocycles. The number of nitrogens with zero attached hydrogens (tertiary/aromatic N) is 2. The third-order valence-electron chi connectivity index (χ3n) is 5.35. The molecule has 0 saturated heterocycles. The van der Waals surface area contributed by atoms with Crippen LogP contribution < -0.4 is 4.74 Å². The Morgan fingerprint density at radius 3 is 2.74 bits per heavy atom. The van der Waals surface area contributed by atoms with Gasteiger partial charge in [0.05, 0.1) is 5.69 Å². The van der Waals surface area contributed by atoms with E-state index in [2.05, 4.69) is 9.88 Å². The van der Waals surface area contributed by atoms with Crippen LogP contribution in [0.5, 0.6) is 5.88 Å². The summed E-state index contributed by atoms with van der Waals surface area (Å²) in [6, 6.07) is 18.7. The van der Waals surface area contributed by atoms with E-state index < -0.39 is 0 Å². The highest BCUT2D eigenvalue weighted by Gasteiger charge is 2.18. The molecule has 0 radical (unpaired) electrons. The highest BCUT2D eigenvalue weighted by molar-refractivity contribution is 5.66. The van der Waals surface area contributed by atoms with E-state index in [9.17, 15) is 9.18 Å². The minimum absolute atomic E-state index is 0.118. The molecule has 1 aliphatic heterocycles. The fourth-order valence-electron chi connectivity index (χ4n) is 3.73. The standard InChI is InChI=1S/C25H25FN2O3/c1-18(29)30-15-14-28-13-12-23-20(16-28)10-11-24(27-23)31-17-21-8-5-9-22(25(21)26)19-6-3-2-4-7-19/h2-11H,12-17H2,1H3. The van der Waals surface area contributed by atoms with Crippen molar-refractivity contribution in [2.24, 2.45) is 0 Å². The third kappa shape index (κ3) is 5.27. The van der Waals surface area contributed by atoms with Gasteiger partial charge in [-0.2, -0.15) is 0 Å². The summed E-state index contributed by atoms with van der Waals surface area (Å²) in [6.07, 6.45) is 0.796. The van der Waals surface area contributed by atoms with Gasteiger partial charge in [0, 0.05) is 50.2 Å². The van der Waals surface area contributed by atoms with Crippen molar-refractivity contribution in [1.29, 1.82) is 0 Å². The van der Waals surface area contributed by atoms with Gasteiger partial charge in [0.15, 0.2) is 0 Å². The number of carbonyl (C=O) groups excluding carboxylic acids is 1. The molecule has 0 spiro atoms. The van der Waals surface area contributed by atoms with Crippen LogP contribution in [0.15, 0.2) is 60.7 Å². The van der Waals surface area contributed by atoms with Gasteiger partial charge in [-0.1, -0.05) is 54.6 Å². The minimum Gasteiger partial charge on any atom is -0.473 e. The van der Waals surface area contributed by atoms with Crippen LogP contribution in [0.1, 0.15) is 23.7 Å². The predicted molar refractivity (Wildman–Crippen MR) is 116 cm³/mol. The number of hydrogen-bond donors (Lipinski definition) is 0. The van der Waals surface area contributed by atoms with Gasteiger partial charge in [0.25, 0.3) is 0 Å². The van der Waals surface area contributed by atoms with Crippen molar-refractivity contribution in [3.8, 4) is 17.0 Å². The van der Waals surface area contributed by atoms with Crippen LogP contribution in [0.4, 0.5) is 4.39 Å². The third-order valence-corrected chi connectivity index (χ3v) is 5.35. The fraction of sp³-hybridized carbons (Fsp3) is 0.280. The molecule has 4 rings (SSSR count). The molecule has 0 fully saturated rings. The summed E-state index contributed by atoms with van der Waals surface area (Å²) in [7, 11) is 0. The summed E-state index contributed by atoms with van der Waals surface area (Å²) < 4.78 is 25.8. The van der Waals surface area contributed by atoms with Crippen molar-refractivity contribution >= 4 is 5.97 Å². The summed E-state index contributed by atoms with van der Waals surface area (Å²) >= 11 is 0. The fourth-order valence-corrected chi connectivity index (χ4v) is 3.73. The topological polar surface area (TPSA) is 51.7 Å². The molecule has 5 nitrogen and oxygen atoms in total. The molecule has 3 aromatic rings. The molecule has 2 heterocycles. The summed E-state index contributed by atoms with van der Waals surface area (Å²) in [5.41, 5.74) is 4.04. The van der Waals surface area contributed by atoms with Gasteiger partial charge < -0.3 is 9.47 Å². The molecule has 0 amide bonds. The van der Waals surface area contributed by atoms with Crippen LogP contribution >= 0.6 is 0 Å². The Morgan fingerprint density at radius 1 is 1.10 bits per heavy atom.